The average molecular weight is 240 g/mol. The second kappa shape index (κ2) is 3.82. The number of carboxylic acids is 1. The molecule has 2 atom stereocenters. The number of nitrogens with zero attached hydrogens (tertiary/aromatic N) is 1. The minimum absolute atomic E-state index is 0.0148. The first kappa shape index (κ1) is 12.1. The number of carboxylic acid groups (broad SMARTS) is 1. The molecule has 5 nitrogen and oxygen atoms in total. The van der Waals surface area contributed by atoms with E-state index in [1.54, 1.807) is 20.8 Å². The van der Waals surface area contributed by atoms with Gasteiger partial charge in [0.05, 0.1) is 5.92 Å². The quantitative estimate of drug-likeness (QED) is 0.707. The molecule has 1 aliphatic carbocycles. The van der Waals surface area contributed by atoms with Crippen molar-refractivity contribution in [3.05, 3.63) is 0 Å². The highest BCUT2D eigenvalue weighted by Crippen LogP contribution is 2.36. The third kappa shape index (κ3) is 2.18. The van der Waals surface area contributed by atoms with Crippen LogP contribution in [0.2, 0.25) is 0 Å². The lowest BCUT2D eigenvalue weighted by atomic mass is 10.0. The maximum atomic E-state index is 12.0. The largest absolute Gasteiger partial charge is 0.597 e. The zero-order chi connectivity index (χ0) is 12.8. The summed E-state index contributed by atoms with van der Waals surface area (Å²) in [4.78, 5) is 23.2. The summed E-state index contributed by atoms with van der Waals surface area (Å²) >= 11 is 0. The Hall–Kier alpha value is -1.39. The molecular weight excluding hydrogens is 222 g/mol. The number of hydrogen-bond donors (Lipinski definition) is 1. The number of carbonyl (C=O) groups is 2. The maximum Gasteiger partial charge on any atom is 0.597 e. The van der Waals surface area contributed by atoms with Crippen LogP contribution in [0.3, 0.4) is 0 Å². The monoisotopic (exact) mass is 240 g/mol. The molecule has 5 heteroatoms. The molecule has 2 unspecified atom stereocenters. The predicted octanol–water partition coefficient (Wildman–Crippen LogP) is 1.64. The molecule has 0 aromatic heterocycles. The molecular formula is C12H18NO4+. The molecule has 0 spiro atoms. The highest BCUT2D eigenvalue weighted by molar-refractivity contribution is 6.35. The van der Waals surface area contributed by atoms with Gasteiger partial charge in [-0.05, 0) is 27.2 Å². The molecule has 17 heavy (non-hydrogen) atoms. The lowest BCUT2D eigenvalue weighted by molar-refractivity contribution is -0.484. The smallest absolute Gasteiger partial charge is 0.474 e. The van der Waals surface area contributed by atoms with Gasteiger partial charge >= 0.3 is 12.1 Å². The van der Waals surface area contributed by atoms with E-state index in [9.17, 15) is 9.59 Å². The minimum Gasteiger partial charge on any atom is -0.474 e. The van der Waals surface area contributed by atoms with Gasteiger partial charge in [-0.15, -0.1) is 4.58 Å². The molecule has 2 rings (SSSR count). The second-order valence-corrected chi connectivity index (χ2v) is 5.70. The maximum absolute atomic E-state index is 12.0. The summed E-state index contributed by atoms with van der Waals surface area (Å²) in [7, 11) is 0. The fourth-order valence-electron chi connectivity index (χ4n) is 2.67. The van der Waals surface area contributed by atoms with Gasteiger partial charge in [0, 0.05) is 12.8 Å². The van der Waals surface area contributed by atoms with Gasteiger partial charge in [0.1, 0.15) is 5.60 Å². The second-order valence-electron chi connectivity index (χ2n) is 5.70. The Morgan fingerprint density at radius 1 is 1.35 bits per heavy atom. The van der Waals surface area contributed by atoms with Gasteiger partial charge in [-0.25, -0.2) is 4.79 Å². The third-order valence-electron chi connectivity index (χ3n) is 3.23. The molecule has 2 aliphatic rings. The van der Waals surface area contributed by atoms with Crippen LogP contribution in [0, 0.1) is 5.92 Å². The number of amides is 1. The Bertz CT molecular complexity index is 405. The van der Waals surface area contributed by atoms with E-state index >= 15 is 0 Å². The summed E-state index contributed by atoms with van der Waals surface area (Å²) < 4.78 is 6.61. The highest BCUT2D eigenvalue weighted by atomic mass is 16.6. The van der Waals surface area contributed by atoms with Crippen LogP contribution < -0.4 is 0 Å². The van der Waals surface area contributed by atoms with Crippen LogP contribution in [-0.2, 0) is 9.53 Å². The Morgan fingerprint density at radius 3 is 2.53 bits per heavy atom. The molecule has 1 aliphatic heterocycles. The molecule has 1 saturated carbocycles. The van der Waals surface area contributed by atoms with Gasteiger partial charge in [-0.3, -0.25) is 0 Å². The van der Waals surface area contributed by atoms with Gasteiger partial charge < -0.3 is 9.84 Å². The number of aliphatic carboxylic acids is 1. The number of carbonyl (C=O) groups excluding carboxylic acids is 1. The molecule has 0 aromatic rings. The van der Waals surface area contributed by atoms with Crippen LogP contribution in [0.25, 0.3) is 0 Å². The fourth-order valence-corrected chi connectivity index (χ4v) is 2.67. The van der Waals surface area contributed by atoms with E-state index in [4.69, 9.17) is 9.84 Å². The van der Waals surface area contributed by atoms with Crippen LogP contribution in [0.4, 0.5) is 4.79 Å². The van der Waals surface area contributed by atoms with Gasteiger partial charge in [-0.1, -0.05) is 0 Å². The molecule has 1 N–H and O–H groups in total. The number of fused-ring (bicyclic) bond motifs is 2. The van der Waals surface area contributed by atoms with Crippen LogP contribution in [0.1, 0.15) is 40.0 Å². The molecule has 1 heterocycles. The summed E-state index contributed by atoms with van der Waals surface area (Å²) in [6.07, 6.45) is 1.98. The average Bonchev–Trinajstić information content (AvgIpc) is 2.72. The molecule has 94 valence electrons. The van der Waals surface area contributed by atoms with Crippen molar-refractivity contribution in [2.24, 2.45) is 5.92 Å². The molecule has 0 saturated heterocycles. The molecule has 2 bridgehead atoms. The van der Waals surface area contributed by atoms with Crippen molar-refractivity contribution in [2.45, 2.75) is 51.7 Å². The normalized spacial score (nSPS) is 27.5. The van der Waals surface area contributed by atoms with E-state index in [2.05, 4.69) is 0 Å². The van der Waals surface area contributed by atoms with Crippen LogP contribution in [-0.4, -0.2) is 39.1 Å². The Kier molecular flexibility index (Phi) is 2.72. The SMILES string of the molecule is CC(C)(C)OC(=O)[N+]1=C(C(=O)O)C2CCC1C2. The standard InChI is InChI=1S/C12H17NO4/c1-12(2,3)17-11(16)13-8-5-4-7(6-8)9(13)10(14)15/h7-8H,4-6H2,1-3H3/p+1. The number of hydrogen-bond acceptors (Lipinski definition) is 3. The zero-order valence-electron chi connectivity index (χ0n) is 10.4. The van der Waals surface area contributed by atoms with E-state index in [1.165, 1.54) is 4.58 Å². The van der Waals surface area contributed by atoms with Gasteiger partial charge in [0.25, 0.3) is 5.71 Å². The van der Waals surface area contributed by atoms with Crippen LogP contribution in [0.15, 0.2) is 0 Å². The lowest BCUT2D eigenvalue weighted by Crippen LogP contribution is -2.40. The Balaban J connectivity index is 2.29. The van der Waals surface area contributed by atoms with E-state index in [1.807, 2.05) is 0 Å². The van der Waals surface area contributed by atoms with Crippen LogP contribution in [0.5, 0.6) is 0 Å². The van der Waals surface area contributed by atoms with Crippen molar-refractivity contribution >= 4 is 17.8 Å². The first-order chi connectivity index (χ1) is 7.79. The van der Waals surface area contributed by atoms with E-state index in [0.717, 1.165) is 19.3 Å². The zero-order valence-corrected chi connectivity index (χ0v) is 10.4. The van der Waals surface area contributed by atoms with Crippen molar-refractivity contribution in [3.8, 4) is 0 Å². The summed E-state index contributed by atoms with van der Waals surface area (Å²) in [5.41, 5.74) is -0.377. The van der Waals surface area contributed by atoms with Crippen molar-refractivity contribution < 1.29 is 24.0 Å². The van der Waals surface area contributed by atoms with E-state index < -0.39 is 17.7 Å². The van der Waals surface area contributed by atoms with Crippen molar-refractivity contribution in [1.29, 1.82) is 0 Å². The van der Waals surface area contributed by atoms with Gasteiger partial charge in [-0.2, -0.15) is 4.79 Å². The first-order valence-corrected chi connectivity index (χ1v) is 5.92. The summed E-state index contributed by atoms with van der Waals surface area (Å²) in [6.45, 7) is 5.33. The van der Waals surface area contributed by atoms with Crippen LogP contribution >= 0.6 is 0 Å². The number of ether oxygens (including phenoxy) is 1. The Morgan fingerprint density at radius 2 is 2.00 bits per heavy atom. The molecule has 0 radical (unpaired) electrons. The minimum atomic E-state index is -0.997. The molecule has 1 amide bonds. The summed E-state index contributed by atoms with van der Waals surface area (Å²) in [6, 6.07) is 0.0148. The van der Waals surface area contributed by atoms with Crippen molar-refractivity contribution in [2.75, 3.05) is 0 Å². The topological polar surface area (TPSA) is 66.6 Å². The molecule has 0 aromatic carbocycles. The van der Waals surface area contributed by atoms with Crippen molar-refractivity contribution in [1.82, 2.24) is 0 Å². The third-order valence-corrected chi connectivity index (χ3v) is 3.23. The van der Waals surface area contributed by atoms with Gasteiger partial charge in [0.15, 0.2) is 6.04 Å². The summed E-state index contributed by atoms with van der Waals surface area (Å²) in [5.74, 6) is -0.979. The summed E-state index contributed by atoms with van der Waals surface area (Å²) in [5, 5.41) is 9.17. The van der Waals surface area contributed by atoms with E-state index in [-0.39, 0.29) is 17.7 Å². The lowest BCUT2D eigenvalue weighted by Gasteiger charge is -2.18. The molecule has 1 fully saturated rings. The van der Waals surface area contributed by atoms with Crippen molar-refractivity contribution in [3.63, 3.8) is 0 Å². The van der Waals surface area contributed by atoms with E-state index in [0.29, 0.717) is 0 Å². The highest BCUT2D eigenvalue weighted by Gasteiger charge is 2.54. The van der Waals surface area contributed by atoms with Gasteiger partial charge in [0.2, 0.25) is 0 Å². The predicted molar refractivity (Wildman–Crippen MR) is 60.3 cm³/mol. The number of rotatable bonds is 1. The Labute approximate surface area is 100 Å². The fraction of sp³-hybridized carbons (Fsp3) is 0.750. The first-order valence-electron chi connectivity index (χ1n) is 5.92.